The number of halogens is 1. The molecule has 4 N–H and O–H groups in total. The van der Waals surface area contributed by atoms with E-state index >= 15 is 0 Å². The Morgan fingerprint density at radius 2 is 2.18 bits per heavy atom. The topological polar surface area (TPSA) is 101 Å². The van der Waals surface area contributed by atoms with Gasteiger partial charge in [0.15, 0.2) is 0 Å². The van der Waals surface area contributed by atoms with E-state index in [-0.39, 0.29) is 18.1 Å². The Balaban J connectivity index is 0.00000256. The van der Waals surface area contributed by atoms with Gasteiger partial charge in [0.25, 0.3) is 5.69 Å². The van der Waals surface area contributed by atoms with E-state index < -0.39 is 11.0 Å². The van der Waals surface area contributed by atoms with E-state index in [4.69, 9.17) is 5.73 Å². The summed E-state index contributed by atoms with van der Waals surface area (Å²) in [4.78, 5) is 10.2. The molecule has 96 valence electrons. The number of hydrogen-bond donors (Lipinski definition) is 3. The Hall–Kier alpha value is -1.53. The monoisotopic (exact) mass is 261 g/mol. The molecule has 0 spiro atoms. The molecule has 0 heterocycles. The lowest BCUT2D eigenvalue weighted by Crippen LogP contribution is -2.09. The fraction of sp³-hybridized carbons (Fsp3) is 0.400. The van der Waals surface area contributed by atoms with Crippen molar-refractivity contribution in [3.63, 3.8) is 0 Å². The number of anilines is 2. The maximum absolute atomic E-state index is 10.7. The van der Waals surface area contributed by atoms with E-state index in [0.717, 1.165) is 0 Å². The second-order valence-corrected chi connectivity index (χ2v) is 3.63. The van der Waals surface area contributed by atoms with Crippen LogP contribution in [0.25, 0.3) is 0 Å². The van der Waals surface area contributed by atoms with Crippen molar-refractivity contribution in [3.05, 3.63) is 27.8 Å². The number of aliphatic hydroxyl groups is 1. The number of nitrogens with zero attached hydrogens (tertiary/aromatic N) is 1. The SMILES string of the molecule is CNc1c(N)cc([N+](=O)[O-])cc1CC(C)O.Cl. The number of nitrogens with two attached hydrogens (primary N) is 1. The highest BCUT2D eigenvalue weighted by atomic mass is 35.5. The highest BCUT2D eigenvalue weighted by Crippen LogP contribution is 2.29. The summed E-state index contributed by atoms with van der Waals surface area (Å²) >= 11 is 0. The van der Waals surface area contributed by atoms with Crippen molar-refractivity contribution in [2.24, 2.45) is 0 Å². The molecule has 1 aromatic carbocycles. The van der Waals surface area contributed by atoms with Gasteiger partial charge in [-0.05, 0) is 12.5 Å². The molecule has 0 radical (unpaired) electrons. The van der Waals surface area contributed by atoms with Crippen LogP contribution in [0.5, 0.6) is 0 Å². The van der Waals surface area contributed by atoms with E-state index in [1.807, 2.05) is 0 Å². The van der Waals surface area contributed by atoms with Crippen molar-refractivity contribution in [2.45, 2.75) is 19.4 Å². The molecule has 6 nitrogen and oxygen atoms in total. The summed E-state index contributed by atoms with van der Waals surface area (Å²) in [5, 5.41) is 22.8. The first-order valence-corrected chi connectivity index (χ1v) is 4.88. The minimum Gasteiger partial charge on any atom is -0.397 e. The van der Waals surface area contributed by atoms with E-state index in [2.05, 4.69) is 5.32 Å². The number of nitrogen functional groups attached to an aromatic ring is 1. The van der Waals surface area contributed by atoms with E-state index in [9.17, 15) is 15.2 Å². The van der Waals surface area contributed by atoms with Crippen LogP contribution in [0.15, 0.2) is 12.1 Å². The van der Waals surface area contributed by atoms with Crippen molar-refractivity contribution in [3.8, 4) is 0 Å². The Labute approximate surface area is 105 Å². The minimum absolute atomic E-state index is 0. The molecule has 1 atom stereocenters. The molecule has 0 saturated heterocycles. The molecule has 0 aliphatic heterocycles. The van der Waals surface area contributed by atoms with Crippen LogP contribution in [-0.2, 0) is 6.42 Å². The molecule has 1 rings (SSSR count). The Bertz CT molecular complexity index is 410. The third-order valence-corrected chi connectivity index (χ3v) is 2.21. The summed E-state index contributed by atoms with van der Waals surface area (Å²) in [6, 6.07) is 2.73. The molecule has 0 amide bonds. The zero-order chi connectivity index (χ0) is 12.3. The predicted molar refractivity (Wildman–Crippen MR) is 69.7 cm³/mol. The lowest BCUT2D eigenvalue weighted by Gasteiger charge is -2.13. The Kier molecular flexibility index (Phi) is 5.70. The summed E-state index contributed by atoms with van der Waals surface area (Å²) in [5.74, 6) is 0. The summed E-state index contributed by atoms with van der Waals surface area (Å²) in [6.45, 7) is 1.62. The summed E-state index contributed by atoms with van der Waals surface area (Å²) in [7, 11) is 1.68. The van der Waals surface area contributed by atoms with Crippen LogP contribution in [0.4, 0.5) is 17.1 Å². The van der Waals surface area contributed by atoms with Gasteiger partial charge in [0.1, 0.15) is 0 Å². The van der Waals surface area contributed by atoms with Gasteiger partial charge in [-0.2, -0.15) is 0 Å². The van der Waals surface area contributed by atoms with Gasteiger partial charge >= 0.3 is 0 Å². The number of benzene rings is 1. The van der Waals surface area contributed by atoms with Crippen molar-refractivity contribution >= 4 is 29.5 Å². The number of rotatable bonds is 4. The third kappa shape index (κ3) is 3.76. The van der Waals surface area contributed by atoms with E-state index in [1.165, 1.54) is 12.1 Å². The quantitative estimate of drug-likeness (QED) is 0.434. The van der Waals surface area contributed by atoms with E-state index in [0.29, 0.717) is 23.4 Å². The van der Waals surface area contributed by atoms with Gasteiger partial charge in [0, 0.05) is 25.6 Å². The molecule has 0 saturated carbocycles. The van der Waals surface area contributed by atoms with Crippen LogP contribution in [0.1, 0.15) is 12.5 Å². The molecule has 1 aromatic rings. The number of hydrogen-bond acceptors (Lipinski definition) is 5. The van der Waals surface area contributed by atoms with Gasteiger partial charge in [-0.25, -0.2) is 0 Å². The molecular formula is C10H16ClN3O3. The standard InChI is InChI=1S/C10H15N3O3.ClH/c1-6(14)3-7-4-8(13(15)16)5-9(11)10(7)12-2;/h4-6,12,14H,3,11H2,1-2H3;1H. The maximum Gasteiger partial charge on any atom is 0.271 e. The molecule has 17 heavy (non-hydrogen) atoms. The summed E-state index contributed by atoms with van der Waals surface area (Å²) < 4.78 is 0. The number of nitro groups is 1. The lowest BCUT2D eigenvalue weighted by atomic mass is 10.0. The first kappa shape index (κ1) is 15.5. The van der Waals surface area contributed by atoms with Crippen LogP contribution in [0.3, 0.4) is 0 Å². The largest absolute Gasteiger partial charge is 0.397 e. The highest BCUT2D eigenvalue weighted by Gasteiger charge is 2.15. The van der Waals surface area contributed by atoms with E-state index in [1.54, 1.807) is 14.0 Å². The first-order valence-electron chi connectivity index (χ1n) is 4.88. The molecule has 1 unspecified atom stereocenters. The van der Waals surface area contributed by atoms with Crippen LogP contribution in [0.2, 0.25) is 0 Å². The van der Waals surface area contributed by atoms with Gasteiger partial charge in [-0.3, -0.25) is 10.1 Å². The molecule has 0 aliphatic rings. The number of non-ortho nitro benzene ring substituents is 1. The average Bonchev–Trinajstić information content (AvgIpc) is 2.16. The maximum atomic E-state index is 10.7. The molecule has 0 aromatic heterocycles. The Morgan fingerprint density at radius 1 is 1.59 bits per heavy atom. The van der Waals surface area contributed by atoms with Gasteiger partial charge in [0.2, 0.25) is 0 Å². The first-order chi connectivity index (χ1) is 7.45. The van der Waals surface area contributed by atoms with Gasteiger partial charge in [-0.1, -0.05) is 0 Å². The molecule has 0 aliphatic carbocycles. The van der Waals surface area contributed by atoms with Crippen molar-refractivity contribution in [2.75, 3.05) is 18.1 Å². The lowest BCUT2D eigenvalue weighted by molar-refractivity contribution is -0.384. The fourth-order valence-corrected chi connectivity index (χ4v) is 1.60. The zero-order valence-electron chi connectivity index (χ0n) is 9.64. The second kappa shape index (κ2) is 6.27. The predicted octanol–water partition coefficient (Wildman–Crippen LogP) is 1.56. The smallest absolute Gasteiger partial charge is 0.271 e. The van der Waals surface area contributed by atoms with Crippen LogP contribution >= 0.6 is 12.4 Å². The summed E-state index contributed by atoms with van der Waals surface area (Å²) in [5.41, 5.74) is 7.22. The van der Waals surface area contributed by atoms with Crippen molar-refractivity contribution < 1.29 is 10.0 Å². The summed E-state index contributed by atoms with van der Waals surface area (Å²) in [6.07, 6.45) is -0.254. The minimum atomic E-state index is -0.575. The van der Waals surface area contributed by atoms with Crippen LogP contribution in [0, 0.1) is 10.1 Å². The fourth-order valence-electron chi connectivity index (χ4n) is 1.60. The molecule has 0 bridgehead atoms. The molecule has 7 heteroatoms. The van der Waals surface area contributed by atoms with Crippen molar-refractivity contribution in [1.82, 2.24) is 0 Å². The number of aliphatic hydroxyl groups excluding tert-OH is 1. The zero-order valence-corrected chi connectivity index (χ0v) is 10.5. The van der Waals surface area contributed by atoms with Crippen molar-refractivity contribution in [1.29, 1.82) is 0 Å². The molecular weight excluding hydrogens is 246 g/mol. The molecule has 0 fully saturated rings. The number of nitrogens with one attached hydrogen (secondary N) is 1. The highest BCUT2D eigenvalue weighted by molar-refractivity contribution is 5.85. The second-order valence-electron chi connectivity index (χ2n) is 3.63. The van der Waals surface area contributed by atoms with Crippen LogP contribution in [-0.4, -0.2) is 23.2 Å². The third-order valence-electron chi connectivity index (χ3n) is 2.21. The van der Waals surface area contributed by atoms with Gasteiger partial charge in [0.05, 0.1) is 22.4 Å². The number of nitro benzene ring substituents is 1. The Morgan fingerprint density at radius 3 is 2.59 bits per heavy atom. The average molecular weight is 262 g/mol. The van der Waals surface area contributed by atoms with Gasteiger partial charge in [-0.15, -0.1) is 12.4 Å². The normalized spacial score (nSPS) is 11.5. The van der Waals surface area contributed by atoms with Crippen LogP contribution < -0.4 is 11.1 Å². The van der Waals surface area contributed by atoms with Gasteiger partial charge < -0.3 is 16.2 Å².